The Balaban J connectivity index is 2.12. The molecule has 1 fully saturated rings. The van der Waals surface area contributed by atoms with E-state index >= 15 is 0 Å². The first-order valence-corrected chi connectivity index (χ1v) is 7.06. The van der Waals surface area contributed by atoms with Crippen LogP contribution in [0.4, 0.5) is 10.1 Å². The molecule has 2 N–H and O–H groups in total. The number of carbonyl (C=O) groups is 1. The van der Waals surface area contributed by atoms with Crippen LogP contribution < -0.4 is 15.5 Å². The van der Waals surface area contributed by atoms with Crippen molar-refractivity contribution in [2.45, 2.75) is 19.4 Å². The number of piperidine rings is 1. The Labute approximate surface area is 119 Å². The summed E-state index contributed by atoms with van der Waals surface area (Å²) in [5.41, 5.74) is 1.64. The number of halogens is 1. The monoisotopic (exact) mass is 279 g/mol. The standard InChI is InChI=1S/C15H22FN3O/c1-17-10-12-4-3-5-13(16)14(12)19-8-6-11(7-9-19)15(20)18-2/h3-5,11,17H,6-10H2,1-2H3,(H,18,20). The lowest BCUT2D eigenvalue weighted by Crippen LogP contribution is -2.40. The summed E-state index contributed by atoms with van der Waals surface area (Å²) in [5.74, 6) is -0.0412. The van der Waals surface area contributed by atoms with E-state index in [0.29, 0.717) is 12.2 Å². The van der Waals surface area contributed by atoms with E-state index in [1.807, 2.05) is 13.1 Å². The van der Waals surface area contributed by atoms with Gasteiger partial charge >= 0.3 is 0 Å². The van der Waals surface area contributed by atoms with E-state index in [1.54, 1.807) is 13.1 Å². The maximum atomic E-state index is 14.1. The van der Waals surface area contributed by atoms with Gasteiger partial charge in [-0.25, -0.2) is 4.39 Å². The molecule has 0 radical (unpaired) electrons. The van der Waals surface area contributed by atoms with Crippen molar-refractivity contribution < 1.29 is 9.18 Å². The molecule has 0 aromatic heterocycles. The number of rotatable bonds is 4. The molecule has 0 spiro atoms. The van der Waals surface area contributed by atoms with Crippen LogP contribution in [0.1, 0.15) is 18.4 Å². The van der Waals surface area contributed by atoms with Crippen molar-refractivity contribution in [3.05, 3.63) is 29.6 Å². The SMILES string of the molecule is CNCc1cccc(F)c1N1CCC(C(=O)NC)CC1. The van der Waals surface area contributed by atoms with E-state index in [2.05, 4.69) is 15.5 Å². The summed E-state index contributed by atoms with van der Waals surface area (Å²) in [5, 5.41) is 5.76. The number of para-hydroxylation sites is 1. The fraction of sp³-hybridized carbons (Fsp3) is 0.533. The topological polar surface area (TPSA) is 44.4 Å². The highest BCUT2D eigenvalue weighted by Crippen LogP contribution is 2.29. The first-order valence-electron chi connectivity index (χ1n) is 7.06. The van der Waals surface area contributed by atoms with E-state index < -0.39 is 0 Å². The quantitative estimate of drug-likeness (QED) is 0.878. The highest BCUT2D eigenvalue weighted by molar-refractivity contribution is 5.78. The van der Waals surface area contributed by atoms with Crippen molar-refractivity contribution in [1.29, 1.82) is 0 Å². The van der Waals surface area contributed by atoms with Gasteiger partial charge in [-0.3, -0.25) is 4.79 Å². The zero-order valence-electron chi connectivity index (χ0n) is 12.1. The fourth-order valence-corrected chi connectivity index (χ4v) is 2.82. The second-order valence-corrected chi connectivity index (χ2v) is 5.15. The van der Waals surface area contributed by atoms with Crippen LogP contribution in [0.15, 0.2) is 18.2 Å². The second-order valence-electron chi connectivity index (χ2n) is 5.15. The summed E-state index contributed by atoms with van der Waals surface area (Å²) >= 11 is 0. The third kappa shape index (κ3) is 3.10. The van der Waals surface area contributed by atoms with Crippen LogP contribution in [0, 0.1) is 11.7 Å². The Morgan fingerprint density at radius 2 is 2.05 bits per heavy atom. The molecule has 0 atom stereocenters. The van der Waals surface area contributed by atoms with Crippen LogP contribution in [-0.4, -0.2) is 33.1 Å². The van der Waals surface area contributed by atoms with Crippen molar-refractivity contribution >= 4 is 11.6 Å². The van der Waals surface area contributed by atoms with Crippen LogP contribution in [-0.2, 0) is 11.3 Å². The normalized spacial score (nSPS) is 16.2. The summed E-state index contributed by atoms with van der Waals surface area (Å²) < 4.78 is 14.1. The van der Waals surface area contributed by atoms with Gasteiger partial charge in [0.25, 0.3) is 0 Å². The summed E-state index contributed by atoms with van der Waals surface area (Å²) in [4.78, 5) is 13.7. The van der Waals surface area contributed by atoms with Gasteiger partial charge in [0.2, 0.25) is 5.91 Å². The molecule has 1 aromatic carbocycles. The summed E-state index contributed by atoms with van der Waals surface area (Å²) in [6, 6.07) is 5.18. The molecule has 1 aliphatic rings. The number of hydrogen-bond donors (Lipinski definition) is 2. The van der Waals surface area contributed by atoms with Gasteiger partial charge in [-0.15, -0.1) is 0 Å². The van der Waals surface area contributed by atoms with Crippen LogP contribution in [0.3, 0.4) is 0 Å². The smallest absolute Gasteiger partial charge is 0.222 e. The van der Waals surface area contributed by atoms with Crippen molar-refractivity contribution in [1.82, 2.24) is 10.6 Å². The predicted octanol–water partition coefficient (Wildman–Crippen LogP) is 1.51. The number of carbonyl (C=O) groups excluding carboxylic acids is 1. The van der Waals surface area contributed by atoms with Gasteiger partial charge in [-0.2, -0.15) is 0 Å². The molecule has 1 aromatic rings. The molecule has 2 rings (SSSR count). The predicted molar refractivity (Wildman–Crippen MR) is 78.2 cm³/mol. The Bertz CT molecular complexity index is 470. The minimum absolute atomic E-state index is 0.0516. The van der Waals surface area contributed by atoms with Gasteiger partial charge in [0.1, 0.15) is 5.82 Å². The Morgan fingerprint density at radius 3 is 2.65 bits per heavy atom. The molecule has 0 bridgehead atoms. The molecule has 0 saturated carbocycles. The molecule has 0 unspecified atom stereocenters. The van der Waals surface area contributed by atoms with Crippen LogP contribution in [0.5, 0.6) is 0 Å². The van der Waals surface area contributed by atoms with Crippen LogP contribution in [0.2, 0.25) is 0 Å². The molecular formula is C15H22FN3O. The highest BCUT2D eigenvalue weighted by atomic mass is 19.1. The zero-order valence-corrected chi connectivity index (χ0v) is 12.1. The fourth-order valence-electron chi connectivity index (χ4n) is 2.82. The number of nitrogens with one attached hydrogen (secondary N) is 2. The molecule has 1 aliphatic heterocycles. The van der Waals surface area contributed by atoms with E-state index in [4.69, 9.17) is 0 Å². The van der Waals surface area contributed by atoms with E-state index in [1.165, 1.54) is 6.07 Å². The highest BCUT2D eigenvalue weighted by Gasteiger charge is 2.26. The molecular weight excluding hydrogens is 257 g/mol. The Kier molecular flexibility index (Phi) is 4.95. The largest absolute Gasteiger partial charge is 0.369 e. The molecule has 1 heterocycles. The van der Waals surface area contributed by atoms with Crippen LogP contribution >= 0.6 is 0 Å². The lowest BCUT2D eigenvalue weighted by molar-refractivity contribution is -0.125. The average molecular weight is 279 g/mol. The second kappa shape index (κ2) is 6.70. The van der Waals surface area contributed by atoms with Gasteiger partial charge in [-0.1, -0.05) is 12.1 Å². The van der Waals surface area contributed by atoms with Crippen molar-refractivity contribution in [2.24, 2.45) is 5.92 Å². The van der Waals surface area contributed by atoms with E-state index in [0.717, 1.165) is 31.5 Å². The third-order valence-corrected chi connectivity index (χ3v) is 3.87. The number of nitrogens with zero attached hydrogens (tertiary/aromatic N) is 1. The molecule has 5 heteroatoms. The average Bonchev–Trinajstić information content (AvgIpc) is 2.47. The first kappa shape index (κ1) is 14.8. The number of anilines is 1. The lowest BCUT2D eigenvalue weighted by atomic mass is 9.95. The molecule has 4 nitrogen and oxygen atoms in total. The van der Waals surface area contributed by atoms with Gasteiger partial charge in [0.15, 0.2) is 0 Å². The Morgan fingerprint density at radius 1 is 1.35 bits per heavy atom. The Hall–Kier alpha value is -1.62. The van der Waals surface area contributed by atoms with Gasteiger partial charge < -0.3 is 15.5 Å². The maximum Gasteiger partial charge on any atom is 0.222 e. The molecule has 1 amide bonds. The summed E-state index contributed by atoms with van der Waals surface area (Å²) in [6.45, 7) is 2.08. The van der Waals surface area contributed by atoms with E-state index in [-0.39, 0.29) is 17.6 Å². The lowest BCUT2D eigenvalue weighted by Gasteiger charge is -2.34. The van der Waals surface area contributed by atoms with Gasteiger partial charge in [-0.05, 0) is 31.5 Å². The molecule has 0 aliphatic carbocycles. The van der Waals surface area contributed by atoms with Crippen molar-refractivity contribution in [3.63, 3.8) is 0 Å². The van der Waals surface area contributed by atoms with Gasteiger partial charge in [0, 0.05) is 32.6 Å². The maximum absolute atomic E-state index is 14.1. The van der Waals surface area contributed by atoms with E-state index in [9.17, 15) is 9.18 Å². The summed E-state index contributed by atoms with van der Waals surface area (Å²) in [7, 11) is 3.52. The van der Waals surface area contributed by atoms with Crippen molar-refractivity contribution in [3.8, 4) is 0 Å². The minimum Gasteiger partial charge on any atom is -0.369 e. The molecule has 1 saturated heterocycles. The zero-order chi connectivity index (χ0) is 14.5. The van der Waals surface area contributed by atoms with Gasteiger partial charge in [0.05, 0.1) is 5.69 Å². The van der Waals surface area contributed by atoms with Crippen LogP contribution in [0.25, 0.3) is 0 Å². The minimum atomic E-state index is -0.184. The van der Waals surface area contributed by atoms with Crippen molar-refractivity contribution in [2.75, 3.05) is 32.1 Å². The third-order valence-electron chi connectivity index (χ3n) is 3.87. The number of benzene rings is 1. The number of amides is 1. The number of hydrogen-bond acceptors (Lipinski definition) is 3. The molecule has 20 heavy (non-hydrogen) atoms. The first-order chi connectivity index (χ1) is 9.67. The summed E-state index contributed by atoms with van der Waals surface area (Å²) in [6.07, 6.45) is 1.54. The molecule has 110 valence electrons.